The number of rotatable bonds is 3. The summed E-state index contributed by atoms with van der Waals surface area (Å²) < 4.78 is 32.0. The van der Waals surface area contributed by atoms with Crippen LogP contribution >= 0.6 is 0 Å². The molecule has 0 saturated heterocycles. The monoisotopic (exact) mass is 278 g/mol. The largest absolute Gasteiger partial charge is 0.494 e. The Hall–Kier alpha value is -2.63. The van der Waals surface area contributed by atoms with Crippen molar-refractivity contribution in [2.75, 3.05) is 18.2 Å². The molecule has 4 nitrogen and oxygen atoms in total. The fourth-order valence-corrected chi connectivity index (χ4v) is 1.71. The maximum absolute atomic E-state index is 13.5. The number of nitrogens with one attached hydrogen (secondary N) is 1. The van der Waals surface area contributed by atoms with Crippen LogP contribution in [0.15, 0.2) is 36.4 Å². The van der Waals surface area contributed by atoms with E-state index >= 15 is 0 Å². The van der Waals surface area contributed by atoms with Crippen molar-refractivity contribution < 1.29 is 18.3 Å². The Kier molecular flexibility index (Phi) is 3.84. The highest BCUT2D eigenvalue weighted by Gasteiger charge is 2.18. The highest BCUT2D eigenvalue weighted by molar-refractivity contribution is 6.05. The number of hydrogen-bond donors (Lipinski definition) is 2. The molecule has 0 aromatic heterocycles. The average Bonchev–Trinajstić information content (AvgIpc) is 2.40. The molecule has 1 amide bonds. The summed E-state index contributed by atoms with van der Waals surface area (Å²) in [7, 11) is 1.40. The van der Waals surface area contributed by atoms with Crippen LogP contribution in [0.1, 0.15) is 10.4 Å². The van der Waals surface area contributed by atoms with Gasteiger partial charge >= 0.3 is 0 Å². The summed E-state index contributed by atoms with van der Waals surface area (Å²) >= 11 is 0. The number of hydrogen-bond acceptors (Lipinski definition) is 3. The van der Waals surface area contributed by atoms with Crippen molar-refractivity contribution in [2.24, 2.45) is 0 Å². The molecule has 0 atom stereocenters. The van der Waals surface area contributed by atoms with Crippen molar-refractivity contribution >= 4 is 17.3 Å². The number of benzene rings is 2. The number of carbonyl (C=O) groups excluding carboxylic acids is 1. The van der Waals surface area contributed by atoms with Crippen molar-refractivity contribution in [3.05, 3.63) is 53.6 Å². The van der Waals surface area contributed by atoms with E-state index in [4.69, 9.17) is 10.5 Å². The maximum atomic E-state index is 13.5. The van der Waals surface area contributed by atoms with Gasteiger partial charge in [-0.15, -0.1) is 0 Å². The van der Waals surface area contributed by atoms with E-state index in [2.05, 4.69) is 5.32 Å². The van der Waals surface area contributed by atoms with Crippen molar-refractivity contribution in [1.29, 1.82) is 0 Å². The van der Waals surface area contributed by atoms with Crippen LogP contribution in [-0.4, -0.2) is 13.0 Å². The van der Waals surface area contributed by atoms with Crippen molar-refractivity contribution in [3.63, 3.8) is 0 Å². The van der Waals surface area contributed by atoms with Crippen LogP contribution < -0.4 is 15.8 Å². The molecule has 0 aliphatic carbocycles. The van der Waals surface area contributed by atoms with E-state index in [1.165, 1.54) is 31.4 Å². The van der Waals surface area contributed by atoms with Crippen LogP contribution in [0.3, 0.4) is 0 Å². The van der Waals surface area contributed by atoms with Gasteiger partial charge in [0.2, 0.25) is 0 Å². The van der Waals surface area contributed by atoms with E-state index < -0.39 is 23.1 Å². The second kappa shape index (κ2) is 5.56. The zero-order chi connectivity index (χ0) is 14.7. The quantitative estimate of drug-likeness (QED) is 0.848. The average molecular weight is 278 g/mol. The summed E-state index contributed by atoms with van der Waals surface area (Å²) in [6, 6.07) is 7.73. The minimum absolute atomic E-state index is 0.273. The van der Waals surface area contributed by atoms with Gasteiger partial charge in [-0.05, 0) is 24.3 Å². The van der Waals surface area contributed by atoms with Gasteiger partial charge in [-0.2, -0.15) is 0 Å². The highest BCUT2D eigenvalue weighted by atomic mass is 19.1. The van der Waals surface area contributed by atoms with E-state index in [0.717, 1.165) is 12.1 Å². The van der Waals surface area contributed by atoms with Crippen molar-refractivity contribution in [1.82, 2.24) is 0 Å². The lowest BCUT2D eigenvalue weighted by molar-refractivity contribution is 0.101. The zero-order valence-corrected chi connectivity index (χ0v) is 10.6. The smallest absolute Gasteiger partial charge is 0.261 e. The van der Waals surface area contributed by atoms with Gasteiger partial charge in [0.05, 0.1) is 12.8 Å². The SMILES string of the molecule is COc1cc(N)ccc1NC(=O)c1c(F)cccc1F. The molecule has 0 bridgehead atoms. The molecule has 0 saturated carbocycles. The van der Waals surface area contributed by atoms with E-state index in [-0.39, 0.29) is 5.69 Å². The molecule has 0 spiro atoms. The summed E-state index contributed by atoms with van der Waals surface area (Å²) in [4.78, 5) is 11.9. The molecule has 0 fully saturated rings. The van der Waals surface area contributed by atoms with Gasteiger partial charge in [0.1, 0.15) is 22.9 Å². The van der Waals surface area contributed by atoms with E-state index in [1.54, 1.807) is 0 Å². The van der Waals surface area contributed by atoms with Gasteiger partial charge in [-0.3, -0.25) is 4.79 Å². The Morgan fingerprint density at radius 1 is 1.20 bits per heavy atom. The summed E-state index contributed by atoms with van der Waals surface area (Å²) in [5.74, 6) is -2.47. The fourth-order valence-electron chi connectivity index (χ4n) is 1.71. The Labute approximate surface area is 114 Å². The van der Waals surface area contributed by atoms with Gasteiger partial charge in [0.15, 0.2) is 0 Å². The lowest BCUT2D eigenvalue weighted by Gasteiger charge is -2.11. The molecule has 104 valence electrons. The Morgan fingerprint density at radius 3 is 2.45 bits per heavy atom. The first-order chi connectivity index (χ1) is 9.52. The molecular formula is C14H12F2N2O2. The maximum Gasteiger partial charge on any atom is 0.261 e. The van der Waals surface area contributed by atoms with Crippen molar-refractivity contribution in [2.45, 2.75) is 0 Å². The molecule has 0 aliphatic rings. The number of nitrogens with two attached hydrogens (primary N) is 1. The Morgan fingerprint density at radius 2 is 1.85 bits per heavy atom. The number of amides is 1. The summed E-state index contributed by atoms with van der Waals surface area (Å²) in [6.07, 6.45) is 0. The molecule has 3 N–H and O–H groups in total. The molecule has 20 heavy (non-hydrogen) atoms. The lowest BCUT2D eigenvalue weighted by Crippen LogP contribution is -2.16. The molecular weight excluding hydrogens is 266 g/mol. The summed E-state index contributed by atoms with van der Waals surface area (Å²) in [6.45, 7) is 0. The molecule has 6 heteroatoms. The van der Waals surface area contributed by atoms with Gasteiger partial charge < -0.3 is 15.8 Å². The minimum Gasteiger partial charge on any atom is -0.494 e. The Balaban J connectivity index is 2.33. The summed E-state index contributed by atoms with van der Waals surface area (Å²) in [5, 5.41) is 2.39. The van der Waals surface area contributed by atoms with Gasteiger partial charge in [0, 0.05) is 11.8 Å². The van der Waals surface area contributed by atoms with Crippen LogP contribution in [0.2, 0.25) is 0 Å². The predicted molar refractivity (Wildman–Crippen MR) is 71.7 cm³/mol. The van der Waals surface area contributed by atoms with Gasteiger partial charge in [0.25, 0.3) is 5.91 Å². The zero-order valence-electron chi connectivity index (χ0n) is 10.6. The summed E-state index contributed by atoms with van der Waals surface area (Å²) in [5.41, 5.74) is 5.65. The third-order valence-corrected chi connectivity index (χ3v) is 2.66. The lowest BCUT2D eigenvalue weighted by atomic mass is 10.1. The van der Waals surface area contributed by atoms with Crippen LogP contribution in [-0.2, 0) is 0 Å². The van der Waals surface area contributed by atoms with E-state index in [9.17, 15) is 13.6 Å². The first kappa shape index (κ1) is 13.8. The van der Waals surface area contributed by atoms with Crippen LogP contribution in [0.4, 0.5) is 20.2 Å². The second-order valence-corrected chi connectivity index (χ2v) is 4.01. The third kappa shape index (κ3) is 2.69. The molecule has 2 aromatic rings. The van der Waals surface area contributed by atoms with E-state index in [0.29, 0.717) is 11.4 Å². The predicted octanol–water partition coefficient (Wildman–Crippen LogP) is 2.81. The van der Waals surface area contributed by atoms with Crippen LogP contribution in [0, 0.1) is 11.6 Å². The number of carbonyl (C=O) groups is 1. The van der Waals surface area contributed by atoms with Crippen LogP contribution in [0.5, 0.6) is 5.75 Å². The highest BCUT2D eigenvalue weighted by Crippen LogP contribution is 2.27. The fraction of sp³-hybridized carbons (Fsp3) is 0.0714. The third-order valence-electron chi connectivity index (χ3n) is 2.66. The second-order valence-electron chi connectivity index (χ2n) is 4.01. The molecule has 2 aromatic carbocycles. The van der Waals surface area contributed by atoms with Crippen molar-refractivity contribution in [3.8, 4) is 5.75 Å². The topological polar surface area (TPSA) is 64.3 Å². The first-order valence-corrected chi connectivity index (χ1v) is 5.72. The number of ether oxygens (including phenoxy) is 1. The van der Waals surface area contributed by atoms with Gasteiger partial charge in [-0.1, -0.05) is 6.07 Å². The molecule has 0 unspecified atom stereocenters. The van der Waals surface area contributed by atoms with Crippen LogP contribution in [0.25, 0.3) is 0 Å². The molecule has 2 rings (SSSR count). The molecule has 0 heterocycles. The number of halogens is 2. The molecule has 0 radical (unpaired) electrons. The number of nitrogen functional groups attached to an aromatic ring is 1. The standard InChI is InChI=1S/C14H12F2N2O2/c1-20-12-7-8(17)5-6-11(12)18-14(19)13-9(15)3-2-4-10(13)16/h2-7H,17H2,1H3,(H,18,19). The first-order valence-electron chi connectivity index (χ1n) is 5.72. The van der Waals surface area contributed by atoms with E-state index in [1.807, 2.05) is 0 Å². The minimum atomic E-state index is -0.933. The Bertz CT molecular complexity index is 639. The number of anilines is 2. The number of methoxy groups -OCH3 is 1. The normalized spacial score (nSPS) is 10.2. The molecule has 0 aliphatic heterocycles. The van der Waals surface area contributed by atoms with Gasteiger partial charge in [-0.25, -0.2) is 8.78 Å².